The fourth-order valence-electron chi connectivity index (χ4n) is 1.82. The Morgan fingerprint density at radius 1 is 1.17 bits per heavy atom. The molecule has 2 amide bonds. The van der Waals surface area contributed by atoms with E-state index in [2.05, 4.69) is 33.1 Å². The van der Waals surface area contributed by atoms with Gasteiger partial charge >= 0.3 is 0 Å². The predicted molar refractivity (Wildman–Crippen MR) is 90.5 cm³/mol. The SMILES string of the molecule is C=CC(=O)NCc1ccc(C(=O)Nc2ccc(F)cc2Br)cc1. The van der Waals surface area contributed by atoms with E-state index in [0.717, 1.165) is 5.56 Å². The standard InChI is InChI=1S/C17H14BrFN2O2/c1-2-16(22)20-10-11-3-5-12(6-4-11)17(23)21-15-8-7-13(19)9-14(15)18/h2-9H,1,10H2,(H,20,22)(H,21,23). The number of carbonyl (C=O) groups excluding carboxylic acids is 2. The van der Waals surface area contributed by atoms with Crippen LogP contribution in [0.25, 0.3) is 0 Å². The Morgan fingerprint density at radius 2 is 1.87 bits per heavy atom. The van der Waals surface area contributed by atoms with Gasteiger partial charge in [-0.1, -0.05) is 18.7 Å². The van der Waals surface area contributed by atoms with Gasteiger partial charge in [0, 0.05) is 16.6 Å². The van der Waals surface area contributed by atoms with E-state index in [1.807, 2.05) is 0 Å². The summed E-state index contributed by atoms with van der Waals surface area (Å²) >= 11 is 3.20. The highest BCUT2D eigenvalue weighted by Crippen LogP contribution is 2.23. The van der Waals surface area contributed by atoms with Crippen LogP contribution < -0.4 is 10.6 Å². The maximum Gasteiger partial charge on any atom is 0.255 e. The largest absolute Gasteiger partial charge is 0.348 e. The second kappa shape index (κ2) is 7.69. The highest BCUT2D eigenvalue weighted by atomic mass is 79.9. The molecule has 0 aliphatic rings. The molecule has 0 spiro atoms. The summed E-state index contributed by atoms with van der Waals surface area (Å²) in [6.45, 7) is 3.73. The van der Waals surface area contributed by atoms with E-state index in [0.29, 0.717) is 22.3 Å². The van der Waals surface area contributed by atoms with Crippen LogP contribution in [0.5, 0.6) is 0 Å². The normalized spacial score (nSPS) is 10.0. The third kappa shape index (κ3) is 4.75. The predicted octanol–water partition coefficient (Wildman–Crippen LogP) is 3.64. The zero-order chi connectivity index (χ0) is 16.8. The number of nitrogens with one attached hydrogen (secondary N) is 2. The minimum atomic E-state index is -0.388. The maximum absolute atomic E-state index is 13.0. The summed E-state index contributed by atoms with van der Waals surface area (Å²) in [5.41, 5.74) is 1.80. The minimum Gasteiger partial charge on any atom is -0.348 e. The number of anilines is 1. The number of halogens is 2. The number of benzene rings is 2. The van der Waals surface area contributed by atoms with Crippen molar-refractivity contribution in [2.75, 3.05) is 5.32 Å². The maximum atomic E-state index is 13.0. The summed E-state index contributed by atoms with van der Waals surface area (Å²) in [5, 5.41) is 5.35. The number of hydrogen-bond acceptors (Lipinski definition) is 2. The Balaban J connectivity index is 2.02. The van der Waals surface area contributed by atoms with E-state index in [1.165, 1.54) is 24.3 Å². The van der Waals surface area contributed by atoms with Crippen molar-refractivity contribution >= 4 is 33.4 Å². The summed E-state index contributed by atoms with van der Waals surface area (Å²) in [6, 6.07) is 10.8. The van der Waals surface area contributed by atoms with Crippen molar-refractivity contribution in [1.82, 2.24) is 5.32 Å². The molecular weight excluding hydrogens is 363 g/mol. The quantitative estimate of drug-likeness (QED) is 0.782. The monoisotopic (exact) mass is 376 g/mol. The fraction of sp³-hybridized carbons (Fsp3) is 0.0588. The van der Waals surface area contributed by atoms with Crippen LogP contribution in [0.4, 0.5) is 10.1 Å². The average Bonchev–Trinajstić information content (AvgIpc) is 2.55. The summed E-state index contributed by atoms with van der Waals surface area (Å²) in [7, 11) is 0. The average molecular weight is 377 g/mol. The highest BCUT2D eigenvalue weighted by molar-refractivity contribution is 9.10. The van der Waals surface area contributed by atoms with Crippen LogP contribution in [0.15, 0.2) is 59.6 Å². The van der Waals surface area contributed by atoms with Crippen LogP contribution in [0.1, 0.15) is 15.9 Å². The second-order valence-electron chi connectivity index (χ2n) is 4.70. The molecule has 0 saturated carbocycles. The molecule has 2 aromatic carbocycles. The zero-order valence-corrected chi connectivity index (χ0v) is 13.7. The molecule has 0 aliphatic carbocycles. The summed E-state index contributed by atoms with van der Waals surface area (Å²) in [5.74, 6) is -0.951. The van der Waals surface area contributed by atoms with Gasteiger partial charge in [-0.15, -0.1) is 0 Å². The summed E-state index contributed by atoms with van der Waals surface area (Å²) in [4.78, 5) is 23.3. The van der Waals surface area contributed by atoms with Crippen LogP contribution in [-0.2, 0) is 11.3 Å². The Kier molecular flexibility index (Phi) is 5.65. The van der Waals surface area contributed by atoms with Gasteiger partial charge in [-0.25, -0.2) is 4.39 Å². The van der Waals surface area contributed by atoms with Crippen LogP contribution in [0.2, 0.25) is 0 Å². The molecule has 4 nitrogen and oxygen atoms in total. The van der Waals surface area contributed by atoms with Crippen LogP contribution in [0, 0.1) is 5.82 Å². The molecule has 0 radical (unpaired) electrons. The zero-order valence-electron chi connectivity index (χ0n) is 12.1. The third-order valence-corrected chi connectivity index (χ3v) is 3.70. The smallest absolute Gasteiger partial charge is 0.255 e. The van der Waals surface area contributed by atoms with Crippen molar-refractivity contribution in [3.8, 4) is 0 Å². The lowest BCUT2D eigenvalue weighted by atomic mass is 10.1. The summed E-state index contributed by atoms with van der Waals surface area (Å²) in [6.07, 6.45) is 1.20. The number of carbonyl (C=O) groups is 2. The Labute approximate surface area is 141 Å². The van der Waals surface area contributed by atoms with Gasteiger partial charge in [0.05, 0.1) is 5.69 Å². The molecule has 0 atom stereocenters. The summed E-state index contributed by atoms with van der Waals surface area (Å²) < 4.78 is 13.5. The number of amides is 2. The molecule has 0 aromatic heterocycles. The first-order chi connectivity index (χ1) is 11.0. The molecule has 0 unspecified atom stereocenters. The lowest BCUT2D eigenvalue weighted by Gasteiger charge is -2.08. The van der Waals surface area contributed by atoms with E-state index >= 15 is 0 Å². The molecule has 0 heterocycles. The van der Waals surface area contributed by atoms with Gasteiger partial charge in [-0.3, -0.25) is 9.59 Å². The fourth-order valence-corrected chi connectivity index (χ4v) is 2.27. The first kappa shape index (κ1) is 16.9. The van der Waals surface area contributed by atoms with Gasteiger partial charge < -0.3 is 10.6 Å². The van der Waals surface area contributed by atoms with Crippen LogP contribution in [0.3, 0.4) is 0 Å². The van der Waals surface area contributed by atoms with Crippen LogP contribution in [-0.4, -0.2) is 11.8 Å². The van der Waals surface area contributed by atoms with Gasteiger partial charge in [-0.05, 0) is 57.9 Å². The van der Waals surface area contributed by atoms with Gasteiger partial charge in [0.25, 0.3) is 5.91 Å². The lowest BCUT2D eigenvalue weighted by molar-refractivity contribution is -0.116. The minimum absolute atomic E-state index is 0.257. The van der Waals surface area contributed by atoms with Gasteiger partial charge in [0.2, 0.25) is 5.91 Å². The number of hydrogen-bond donors (Lipinski definition) is 2. The molecule has 0 fully saturated rings. The molecule has 2 N–H and O–H groups in total. The molecule has 0 bridgehead atoms. The van der Waals surface area contributed by atoms with Crippen molar-refractivity contribution in [1.29, 1.82) is 0 Å². The van der Waals surface area contributed by atoms with Crippen molar-refractivity contribution in [2.45, 2.75) is 6.54 Å². The van der Waals surface area contributed by atoms with E-state index in [-0.39, 0.29) is 17.6 Å². The molecule has 2 aromatic rings. The van der Waals surface area contributed by atoms with E-state index in [1.54, 1.807) is 24.3 Å². The van der Waals surface area contributed by atoms with E-state index in [9.17, 15) is 14.0 Å². The highest BCUT2D eigenvalue weighted by Gasteiger charge is 2.09. The lowest BCUT2D eigenvalue weighted by Crippen LogP contribution is -2.20. The molecular formula is C17H14BrFN2O2. The molecule has 6 heteroatoms. The molecule has 0 saturated heterocycles. The second-order valence-corrected chi connectivity index (χ2v) is 5.55. The molecule has 0 aliphatic heterocycles. The van der Waals surface area contributed by atoms with Crippen molar-refractivity contribution in [3.63, 3.8) is 0 Å². The van der Waals surface area contributed by atoms with Gasteiger partial charge in [0.1, 0.15) is 5.82 Å². The first-order valence-electron chi connectivity index (χ1n) is 6.75. The Bertz CT molecular complexity index is 745. The van der Waals surface area contributed by atoms with Crippen molar-refractivity contribution in [2.24, 2.45) is 0 Å². The molecule has 2 rings (SSSR count). The van der Waals surface area contributed by atoms with E-state index in [4.69, 9.17) is 0 Å². The Morgan fingerprint density at radius 3 is 2.48 bits per heavy atom. The van der Waals surface area contributed by atoms with Gasteiger partial charge in [-0.2, -0.15) is 0 Å². The van der Waals surface area contributed by atoms with Gasteiger partial charge in [0.15, 0.2) is 0 Å². The topological polar surface area (TPSA) is 58.2 Å². The number of rotatable bonds is 5. The molecule has 23 heavy (non-hydrogen) atoms. The van der Waals surface area contributed by atoms with E-state index < -0.39 is 0 Å². The van der Waals surface area contributed by atoms with Crippen molar-refractivity contribution in [3.05, 3.63) is 76.5 Å². The molecule has 118 valence electrons. The van der Waals surface area contributed by atoms with Crippen LogP contribution >= 0.6 is 15.9 Å². The van der Waals surface area contributed by atoms with Crippen molar-refractivity contribution < 1.29 is 14.0 Å². The third-order valence-electron chi connectivity index (χ3n) is 3.05. The Hall–Kier alpha value is -2.47. The first-order valence-corrected chi connectivity index (χ1v) is 7.54.